The zero-order valence-electron chi connectivity index (χ0n) is 13.3. The lowest BCUT2D eigenvalue weighted by molar-refractivity contribution is 0.490. The average Bonchev–Trinajstić information content (AvgIpc) is 3.16. The molecule has 1 atom stereocenters. The quantitative estimate of drug-likeness (QED) is 0.738. The molecule has 0 radical (unpaired) electrons. The maximum Gasteiger partial charge on any atom is 0.209 e. The van der Waals surface area contributed by atoms with Crippen LogP contribution in [-0.2, 0) is 16.6 Å². The van der Waals surface area contributed by atoms with E-state index in [4.69, 9.17) is 0 Å². The maximum atomic E-state index is 11.5. The Morgan fingerprint density at radius 2 is 2.38 bits per heavy atom. The second-order valence-electron chi connectivity index (χ2n) is 6.09. The minimum atomic E-state index is -3.27. The Labute approximate surface area is 144 Å². The van der Waals surface area contributed by atoms with Gasteiger partial charge in [-0.25, -0.2) is 23.1 Å². The van der Waals surface area contributed by atoms with E-state index in [1.165, 1.54) is 12.0 Å². The van der Waals surface area contributed by atoms with E-state index >= 15 is 0 Å². The van der Waals surface area contributed by atoms with Gasteiger partial charge in [0.2, 0.25) is 10.0 Å². The third kappa shape index (κ3) is 2.91. The topological polar surface area (TPSA) is 92.7 Å². The number of thioether (sulfide) groups is 1. The van der Waals surface area contributed by atoms with E-state index in [1.807, 2.05) is 24.0 Å². The van der Waals surface area contributed by atoms with Crippen LogP contribution < -0.4 is 4.72 Å². The van der Waals surface area contributed by atoms with Gasteiger partial charge in [0.25, 0.3) is 0 Å². The summed E-state index contributed by atoms with van der Waals surface area (Å²) < 4.78 is 27.8. The third-order valence-electron chi connectivity index (χ3n) is 4.30. The normalized spacial score (nSPS) is 19.3. The van der Waals surface area contributed by atoms with Gasteiger partial charge in [-0.2, -0.15) is 11.8 Å². The Morgan fingerprint density at radius 3 is 3.12 bits per heavy atom. The lowest BCUT2D eigenvalue weighted by Crippen LogP contribution is -2.26. The molecule has 3 aromatic rings. The molecule has 4 rings (SSSR count). The lowest BCUT2D eigenvalue weighted by Gasteiger charge is -2.25. The molecule has 3 aromatic heterocycles. The highest BCUT2D eigenvalue weighted by Gasteiger charge is 2.23. The number of aromatic nitrogens is 4. The van der Waals surface area contributed by atoms with Crippen molar-refractivity contribution < 1.29 is 8.42 Å². The summed E-state index contributed by atoms with van der Waals surface area (Å²) in [7, 11) is -3.27. The molecule has 0 saturated carbocycles. The van der Waals surface area contributed by atoms with Crippen LogP contribution in [0.2, 0.25) is 0 Å². The van der Waals surface area contributed by atoms with Crippen molar-refractivity contribution in [1.29, 1.82) is 0 Å². The van der Waals surface area contributed by atoms with Crippen LogP contribution in [0.4, 0.5) is 0 Å². The first-order valence-corrected chi connectivity index (χ1v) is 10.9. The fourth-order valence-electron chi connectivity index (χ4n) is 3.28. The summed E-state index contributed by atoms with van der Waals surface area (Å²) in [5.41, 5.74) is 2.68. The Hall–Kier alpha value is -1.58. The number of imidazole rings is 1. The Balaban J connectivity index is 1.89. The van der Waals surface area contributed by atoms with Crippen LogP contribution in [0.1, 0.15) is 24.7 Å². The number of H-pyrrole nitrogens is 1. The Bertz CT molecular complexity index is 986. The van der Waals surface area contributed by atoms with Crippen molar-refractivity contribution in [3.05, 3.63) is 24.3 Å². The van der Waals surface area contributed by atoms with Gasteiger partial charge in [-0.05, 0) is 24.7 Å². The molecule has 2 N–H and O–H groups in total. The molecular weight excluding hydrogens is 346 g/mol. The molecule has 0 aromatic carbocycles. The summed E-state index contributed by atoms with van der Waals surface area (Å²) in [6.07, 6.45) is 7.04. The van der Waals surface area contributed by atoms with Crippen LogP contribution in [0, 0.1) is 0 Å². The van der Waals surface area contributed by atoms with Gasteiger partial charge in [0.15, 0.2) is 0 Å². The lowest BCUT2D eigenvalue weighted by atomic mass is 10.1. The largest absolute Gasteiger partial charge is 0.346 e. The first-order chi connectivity index (χ1) is 11.5. The van der Waals surface area contributed by atoms with E-state index in [0.717, 1.165) is 46.5 Å². The van der Waals surface area contributed by atoms with Crippen molar-refractivity contribution in [1.82, 2.24) is 24.2 Å². The number of hydrogen-bond acceptors (Lipinski definition) is 5. The number of hydrogen-bond donors (Lipinski definition) is 2. The molecule has 1 saturated heterocycles. The highest BCUT2D eigenvalue weighted by Crippen LogP contribution is 2.33. The van der Waals surface area contributed by atoms with Crippen LogP contribution in [0.5, 0.6) is 0 Å². The summed E-state index contributed by atoms with van der Waals surface area (Å²) in [6, 6.07) is 2.33. The molecular formula is C15H19N5O2S2. The number of nitrogens with zero attached hydrogens (tertiary/aromatic N) is 3. The highest BCUT2D eigenvalue weighted by molar-refractivity contribution is 7.99. The smallest absolute Gasteiger partial charge is 0.209 e. The standard InChI is InChI=1S/C15H19N5O2S2/c1-24(21,22)18-8-13-19-12-7-17-15-11(4-5-16-15)14(12)20(13)10-3-2-6-23-9-10/h4-5,7,10,18H,2-3,6,8-9H2,1H3,(H,16,17). The highest BCUT2D eigenvalue weighted by atomic mass is 32.2. The fraction of sp³-hybridized carbons (Fsp3) is 0.467. The predicted molar refractivity (Wildman–Crippen MR) is 96.7 cm³/mol. The van der Waals surface area contributed by atoms with E-state index in [0.29, 0.717) is 6.04 Å². The summed E-state index contributed by atoms with van der Waals surface area (Å²) in [5, 5.41) is 1.03. The van der Waals surface area contributed by atoms with Crippen molar-refractivity contribution >= 4 is 43.9 Å². The molecule has 1 aliphatic rings. The number of aromatic amines is 1. The Morgan fingerprint density at radius 1 is 1.50 bits per heavy atom. The van der Waals surface area contributed by atoms with Gasteiger partial charge in [0, 0.05) is 23.4 Å². The van der Waals surface area contributed by atoms with Gasteiger partial charge in [-0.3, -0.25) is 0 Å². The minimum absolute atomic E-state index is 0.195. The van der Waals surface area contributed by atoms with Gasteiger partial charge in [-0.1, -0.05) is 0 Å². The number of nitrogens with one attached hydrogen (secondary N) is 2. The molecule has 128 valence electrons. The summed E-state index contributed by atoms with van der Waals surface area (Å²) in [4.78, 5) is 12.2. The fourth-order valence-corrected chi connectivity index (χ4v) is 4.80. The molecule has 1 aliphatic heterocycles. The monoisotopic (exact) mass is 365 g/mol. The van der Waals surface area contributed by atoms with Crippen LogP contribution in [-0.4, -0.2) is 45.7 Å². The van der Waals surface area contributed by atoms with Crippen molar-refractivity contribution in [3.63, 3.8) is 0 Å². The molecule has 4 heterocycles. The van der Waals surface area contributed by atoms with Crippen LogP contribution in [0.3, 0.4) is 0 Å². The van der Waals surface area contributed by atoms with Crippen molar-refractivity contribution in [2.75, 3.05) is 17.8 Å². The Kier molecular flexibility index (Phi) is 4.01. The number of pyridine rings is 1. The molecule has 0 spiro atoms. The summed E-state index contributed by atoms with van der Waals surface area (Å²) in [6.45, 7) is 0.195. The molecule has 24 heavy (non-hydrogen) atoms. The number of fused-ring (bicyclic) bond motifs is 3. The third-order valence-corrected chi connectivity index (χ3v) is 6.17. The maximum absolute atomic E-state index is 11.5. The SMILES string of the molecule is CS(=O)(=O)NCc1nc2cnc3[nH]ccc3c2n1C1CCCSC1. The minimum Gasteiger partial charge on any atom is -0.346 e. The zero-order valence-corrected chi connectivity index (χ0v) is 15.0. The zero-order chi connectivity index (χ0) is 16.7. The van der Waals surface area contributed by atoms with Crippen molar-refractivity contribution in [2.24, 2.45) is 0 Å². The molecule has 9 heteroatoms. The molecule has 7 nitrogen and oxygen atoms in total. The predicted octanol–water partition coefficient (Wildman–Crippen LogP) is 2.03. The van der Waals surface area contributed by atoms with Gasteiger partial charge in [0.05, 0.1) is 24.5 Å². The molecule has 0 aliphatic carbocycles. The van der Waals surface area contributed by atoms with Gasteiger partial charge < -0.3 is 9.55 Å². The van der Waals surface area contributed by atoms with E-state index in [1.54, 1.807) is 6.20 Å². The van der Waals surface area contributed by atoms with Crippen molar-refractivity contribution in [3.8, 4) is 0 Å². The van der Waals surface area contributed by atoms with Gasteiger partial charge >= 0.3 is 0 Å². The van der Waals surface area contributed by atoms with Gasteiger partial charge in [-0.15, -0.1) is 0 Å². The molecule has 1 fully saturated rings. The average molecular weight is 365 g/mol. The van der Waals surface area contributed by atoms with E-state index < -0.39 is 10.0 Å². The van der Waals surface area contributed by atoms with Crippen LogP contribution >= 0.6 is 11.8 Å². The van der Waals surface area contributed by atoms with Crippen LogP contribution in [0.25, 0.3) is 22.1 Å². The first kappa shape index (κ1) is 15.9. The van der Waals surface area contributed by atoms with Gasteiger partial charge in [0.1, 0.15) is 17.0 Å². The first-order valence-electron chi connectivity index (χ1n) is 7.88. The summed E-state index contributed by atoms with van der Waals surface area (Å²) in [5.74, 6) is 2.95. The van der Waals surface area contributed by atoms with E-state index in [2.05, 4.69) is 24.2 Å². The number of rotatable bonds is 4. The molecule has 0 bridgehead atoms. The van der Waals surface area contributed by atoms with E-state index in [9.17, 15) is 8.42 Å². The second-order valence-corrected chi connectivity index (χ2v) is 9.08. The number of sulfonamides is 1. The molecule has 0 amide bonds. The summed E-state index contributed by atoms with van der Waals surface area (Å²) >= 11 is 1.94. The second kappa shape index (κ2) is 6.05. The van der Waals surface area contributed by atoms with Crippen molar-refractivity contribution in [2.45, 2.75) is 25.4 Å². The van der Waals surface area contributed by atoms with Crippen LogP contribution in [0.15, 0.2) is 18.5 Å². The van der Waals surface area contributed by atoms with E-state index in [-0.39, 0.29) is 6.54 Å². The molecule has 1 unspecified atom stereocenters.